The number of aromatic nitrogens is 1. The molecule has 1 unspecified atom stereocenters. The van der Waals surface area contributed by atoms with Crippen molar-refractivity contribution < 1.29 is 4.79 Å². The Morgan fingerprint density at radius 2 is 2.06 bits per heavy atom. The zero-order valence-electron chi connectivity index (χ0n) is 10.7. The standard InChI is InChI=1S/C14H19N3O/c1-9-7-11-13(15-8-9)17-12(14(18)16-11)10-5-3-2-4-6-10/h7-8,10,12H,2-6H2,1H3,(H,15,17)(H,16,18). The fourth-order valence-electron chi connectivity index (χ4n) is 3.00. The molecule has 1 saturated carbocycles. The lowest BCUT2D eigenvalue weighted by molar-refractivity contribution is -0.118. The molecule has 1 aliphatic heterocycles. The summed E-state index contributed by atoms with van der Waals surface area (Å²) in [5.41, 5.74) is 1.87. The van der Waals surface area contributed by atoms with Crippen LogP contribution in [0.2, 0.25) is 0 Å². The minimum atomic E-state index is -0.104. The summed E-state index contributed by atoms with van der Waals surface area (Å²) in [5.74, 6) is 1.37. The van der Waals surface area contributed by atoms with Gasteiger partial charge in [0.1, 0.15) is 11.9 Å². The fourth-order valence-corrected chi connectivity index (χ4v) is 3.00. The van der Waals surface area contributed by atoms with Crippen molar-refractivity contribution in [2.24, 2.45) is 5.92 Å². The maximum Gasteiger partial charge on any atom is 0.247 e. The highest BCUT2D eigenvalue weighted by Gasteiger charge is 2.33. The van der Waals surface area contributed by atoms with E-state index in [2.05, 4.69) is 15.6 Å². The number of carbonyl (C=O) groups is 1. The Balaban J connectivity index is 1.82. The van der Waals surface area contributed by atoms with E-state index in [4.69, 9.17) is 0 Å². The molecule has 2 N–H and O–H groups in total. The quantitative estimate of drug-likeness (QED) is 0.799. The highest BCUT2D eigenvalue weighted by molar-refractivity contribution is 6.02. The number of pyridine rings is 1. The van der Waals surface area contributed by atoms with E-state index in [9.17, 15) is 4.79 Å². The lowest BCUT2D eigenvalue weighted by atomic mass is 9.83. The third-order valence-electron chi connectivity index (χ3n) is 3.98. The van der Waals surface area contributed by atoms with Gasteiger partial charge >= 0.3 is 0 Å². The molecule has 2 heterocycles. The molecule has 18 heavy (non-hydrogen) atoms. The smallest absolute Gasteiger partial charge is 0.247 e. The lowest BCUT2D eigenvalue weighted by Gasteiger charge is -2.33. The van der Waals surface area contributed by atoms with Gasteiger partial charge in [-0.1, -0.05) is 19.3 Å². The molecular weight excluding hydrogens is 226 g/mol. The van der Waals surface area contributed by atoms with Crippen LogP contribution < -0.4 is 10.6 Å². The molecule has 0 bridgehead atoms. The van der Waals surface area contributed by atoms with Crippen molar-refractivity contribution in [2.45, 2.75) is 45.1 Å². The Kier molecular flexibility index (Phi) is 2.94. The van der Waals surface area contributed by atoms with Crippen molar-refractivity contribution in [2.75, 3.05) is 10.6 Å². The van der Waals surface area contributed by atoms with Crippen LogP contribution in [0.1, 0.15) is 37.7 Å². The third-order valence-corrected chi connectivity index (χ3v) is 3.98. The number of hydrogen-bond acceptors (Lipinski definition) is 3. The summed E-state index contributed by atoms with van der Waals surface area (Å²) in [6, 6.07) is 1.86. The predicted octanol–water partition coefficient (Wildman–Crippen LogP) is 2.70. The molecule has 4 heteroatoms. The summed E-state index contributed by atoms with van der Waals surface area (Å²) in [7, 11) is 0. The molecule has 0 saturated heterocycles. The van der Waals surface area contributed by atoms with Crippen molar-refractivity contribution in [3.8, 4) is 0 Å². The highest BCUT2D eigenvalue weighted by Crippen LogP contribution is 2.33. The Morgan fingerprint density at radius 1 is 1.28 bits per heavy atom. The largest absolute Gasteiger partial charge is 0.356 e. The van der Waals surface area contributed by atoms with Crippen molar-refractivity contribution >= 4 is 17.4 Å². The van der Waals surface area contributed by atoms with E-state index in [1.54, 1.807) is 0 Å². The molecule has 2 aliphatic rings. The molecule has 1 fully saturated rings. The maximum atomic E-state index is 12.2. The van der Waals surface area contributed by atoms with Crippen molar-refractivity contribution in [3.63, 3.8) is 0 Å². The highest BCUT2D eigenvalue weighted by atomic mass is 16.2. The van der Waals surface area contributed by atoms with Gasteiger partial charge in [0.25, 0.3) is 0 Å². The lowest BCUT2D eigenvalue weighted by Crippen LogP contribution is -2.45. The maximum absolute atomic E-state index is 12.2. The van der Waals surface area contributed by atoms with Crippen molar-refractivity contribution in [1.82, 2.24) is 4.98 Å². The summed E-state index contributed by atoms with van der Waals surface area (Å²) >= 11 is 0. The molecule has 0 spiro atoms. The third kappa shape index (κ3) is 2.07. The number of nitrogens with zero attached hydrogens (tertiary/aromatic N) is 1. The van der Waals surface area contributed by atoms with Gasteiger partial charge in [-0.25, -0.2) is 4.98 Å². The van der Waals surface area contributed by atoms with Crippen LogP contribution in [0.4, 0.5) is 11.5 Å². The minimum Gasteiger partial charge on any atom is -0.356 e. The molecule has 4 nitrogen and oxygen atoms in total. The van der Waals surface area contributed by atoms with Crippen LogP contribution >= 0.6 is 0 Å². The van der Waals surface area contributed by atoms with Gasteiger partial charge in [-0.05, 0) is 37.3 Å². The van der Waals surface area contributed by atoms with Gasteiger partial charge in [-0.15, -0.1) is 0 Å². The first-order chi connectivity index (χ1) is 8.74. The van der Waals surface area contributed by atoms with Gasteiger partial charge in [0, 0.05) is 6.20 Å². The Labute approximate surface area is 107 Å². The summed E-state index contributed by atoms with van der Waals surface area (Å²) in [5, 5.41) is 6.30. The van der Waals surface area contributed by atoms with E-state index in [1.807, 2.05) is 19.2 Å². The average molecular weight is 245 g/mol. The van der Waals surface area contributed by atoms with Crippen LogP contribution in [0.25, 0.3) is 0 Å². The van der Waals surface area contributed by atoms with Crippen LogP contribution in [0.3, 0.4) is 0 Å². The van der Waals surface area contributed by atoms with E-state index in [1.165, 1.54) is 19.3 Å². The van der Waals surface area contributed by atoms with Crippen molar-refractivity contribution in [3.05, 3.63) is 17.8 Å². The van der Waals surface area contributed by atoms with E-state index < -0.39 is 0 Å². The first-order valence-electron chi connectivity index (χ1n) is 6.78. The topological polar surface area (TPSA) is 54.0 Å². The number of anilines is 2. The minimum absolute atomic E-state index is 0.0989. The average Bonchev–Trinajstić information content (AvgIpc) is 2.39. The molecule has 1 aliphatic carbocycles. The Morgan fingerprint density at radius 3 is 2.83 bits per heavy atom. The van der Waals surface area contributed by atoms with Gasteiger partial charge in [-0.2, -0.15) is 0 Å². The van der Waals surface area contributed by atoms with Crippen LogP contribution in [0.5, 0.6) is 0 Å². The number of rotatable bonds is 1. The van der Waals surface area contributed by atoms with Crippen molar-refractivity contribution in [1.29, 1.82) is 0 Å². The van der Waals surface area contributed by atoms with E-state index >= 15 is 0 Å². The number of nitrogens with one attached hydrogen (secondary N) is 2. The van der Waals surface area contributed by atoms with Gasteiger partial charge in [0.05, 0.1) is 5.69 Å². The van der Waals surface area contributed by atoms with E-state index in [0.717, 1.165) is 29.9 Å². The summed E-state index contributed by atoms with van der Waals surface area (Å²) < 4.78 is 0. The van der Waals surface area contributed by atoms with Gasteiger partial charge in [0.15, 0.2) is 0 Å². The number of hydrogen-bond donors (Lipinski definition) is 2. The monoisotopic (exact) mass is 245 g/mol. The predicted molar refractivity (Wildman–Crippen MR) is 71.6 cm³/mol. The summed E-state index contributed by atoms with van der Waals surface area (Å²) in [6.07, 6.45) is 7.91. The first kappa shape index (κ1) is 11.5. The molecule has 1 atom stereocenters. The van der Waals surface area contributed by atoms with Gasteiger partial charge in [0.2, 0.25) is 5.91 Å². The Bertz CT molecular complexity index is 466. The van der Waals surface area contributed by atoms with Crippen LogP contribution in [0.15, 0.2) is 12.3 Å². The number of amides is 1. The molecule has 1 aromatic heterocycles. The number of carbonyl (C=O) groups excluding carboxylic acids is 1. The van der Waals surface area contributed by atoms with E-state index in [-0.39, 0.29) is 11.9 Å². The molecular formula is C14H19N3O. The molecule has 0 aromatic carbocycles. The van der Waals surface area contributed by atoms with Gasteiger partial charge in [-0.3, -0.25) is 4.79 Å². The molecule has 1 aromatic rings. The SMILES string of the molecule is Cc1cnc2c(c1)NC(=O)C(C1CCCCC1)N2. The van der Waals surface area contributed by atoms with Crippen LogP contribution in [-0.4, -0.2) is 16.9 Å². The fraction of sp³-hybridized carbons (Fsp3) is 0.571. The second kappa shape index (κ2) is 4.59. The normalized spacial score (nSPS) is 24.1. The number of fused-ring (bicyclic) bond motifs is 1. The summed E-state index contributed by atoms with van der Waals surface area (Å²) in [6.45, 7) is 1.98. The molecule has 0 radical (unpaired) electrons. The second-order valence-electron chi connectivity index (χ2n) is 5.42. The molecule has 1 amide bonds. The van der Waals surface area contributed by atoms with Gasteiger partial charge < -0.3 is 10.6 Å². The molecule has 96 valence electrons. The molecule has 3 rings (SSSR count). The zero-order chi connectivity index (χ0) is 12.5. The first-order valence-corrected chi connectivity index (χ1v) is 6.78. The number of aryl methyl sites for hydroxylation is 1. The summed E-state index contributed by atoms with van der Waals surface area (Å²) in [4.78, 5) is 16.5. The van der Waals surface area contributed by atoms with E-state index in [0.29, 0.717) is 5.92 Å². The van der Waals surface area contributed by atoms with Crippen LogP contribution in [0, 0.1) is 12.8 Å². The van der Waals surface area contributed by atoms with Crippen LogP contribution in [-0.2, 0) is 4.79 Å². The Hall–Kier alpha value is -1.58. The second-order valence-corrected chi connectivity index (χ2v) is 5.42. The zero-order valence-corrected chi connectivity index (χ0v) is 10.7.